The van der Waals surface area contributed by atoms with Crippen molar-refractivity contribution in [1.82, 2.24) is 0 Å². The lowest BCUT2D eigenvalue weighted by atomic mass is 10.1. The molecular weight excluding hydrogens is 218 g/mol. The van der Waals surface area contributed by atoms with Crippen molar-refractivity contribution in [3.63, 3.8) is 0 Å². The smallest absolute Gasteiger partial charge is 0.134 e. The van der Waals surface area contributed by atoms with Gasteiger partial charge in [0.1, 0.15) is 17.6 Å². The van der Waals surface area contributed by atoms with E-state index in [1.54, 1.807) is 0 Å². The summed E-state index contributed by atoms with van der Waals surface area (Å²) >= 11 is 0. The zero-order valence-electron chi connectivity index (χ0n) is 10.5. The highest BCUT2D eigenvalue weighted by atomic mass is 16.5. The van der Waals surface area contributed by atoms with Crippen LogP contribution in [-0.4, -0.2) is 25.4 Å². The predicted molar refractivity (Wildman–Crippen MR) is 64.8 cm³/mol. The number of hydrogen-bond donors (Lipinski definition) is 1. The summed E-state index contributed by atoms with van der Waals surface area (Å²) in [5, 5.41) is 0. The highest BCUT2D eigenvalue weighted by molar-refractivity contribution is 5.09. The van der Waals surface area contributed by atoms with Crippen LogP contribution in [0.2, 0.25) is 0 Å². The highest BCUT2D eigenvalue weighted by Crippen LogP contribution is 2.24. The van der Waals surface area contributed by atoms with Gasteiger partial charge in [0.25, 0.3) is 0 Å². The fourth-order valence-electron chi connectivity index (χ4n) is 2.09. The second kappa shape index (κ2) is 5.67. The van der Waals surface area contributed by atoms with Gasteiger partial charge in [-0.15, -0.1) is 0 Å². The lowest BCUT2D eigenvalue weighted by Crippen LogP contribution is -2.29. The fraction of sp³-hybridized carbons (Fsp3) is 0.692. The molecule has 0 spiro atoms. The van der Waals surface area contributed by atoms with Crippen LogP contribution in [0.4, 0.5) is 0 Å². The summed E-state index contributed by atoms with van der Waals surface area (Å²) in [6, 6.07) is 3.76. The minimum atomic E-state index is -0.187. The van der Waals surface area contributed by atoms with Gasteiger partial charge in [-0.1, -0.05) is 0 Å². The maximum atomic E-state index is 5.94. The standard InChI is InChI=1S/C13H21NO3/c1-9-5-6-12(17-9)13(10(2)14)16-8-11-4-3-7-15-11/h5-6,10-11,13H,3-4,7-8,14H2,1-2H3. The van der Waals surface area contributed by atoms with Crippen LogP contribution in [0.1, 0.15) is 37.4 Å². The van der Waals surface area contributed by atoms with E-state index in [1.165, 1.54) is 0 Å². The van der Waals surface area contributed by atoms with Crippen LogP contribution in [0.25, 0.3) is 0 Å². The third-order valence-electron chi connectivity index (χ3n) is 3.00. The quantitative estimate of drug-likeness (QED) is 0.855. The second-order valence-corrected chi connectivity index (χ2v) is 4.70. The fourth-order valence-corrected chi connectivity index (χ4v) is 2.09. The molecule has 1 aliphatic heterocycles. The van der Waals surface area contributed by atoms with Crippen molar-refractivity contribution in [2.45, 2.75) is 44.9 Å². The van der Waals surface area contributed by atoms with E-state index < -0.39 is 0 Å². The molecule has 0 aromatic carbocycles. The summed E-state index contributed by atoms with van der Waals surface area (Å²) < 4.78 is 16.9. The summed E-state index contributed by atoms with van der Waals surface area (Å²) in [7, 11) is 0. The van der Waals surface area contributed by atoms with Gasteiger partial charge in [-0.05, 0) is 38.8 Å². The summed E-state index contributed by atoms with van der Waals surface area (Å²) in [5.41, 5.74) is 5.94. The molecule has 1 fully saturated rings. The Labute approximate surface area is 102 Å². The lowest BCUT2D eigenvalue weighted by molar-refractivity contribution is -0.0363. The van der Waals surface area contributed by atoms with Gasteiger partial charge in [0.15, 0.2) is 0 Å². The third kappa shape index (κ3) is 3.31. The molecule has 2 N–H and O–H groups in total. The SMILES string of the molecule is Cc1ccc(C(OCC2CCCO2)C(C)N)o1. The minimum absolute atomic E-state index is 0.0954. The number of ether oxygens (including phenoxy) is 2. The zero-order chi connectivity index (χ0) is 12.3. The van der Waals surface area contributed by atoms with E-state index >= 15 is 0 Å². The zero-order valence-corrected chi connectivity index (χ0v) is 10.5. The van der Waals surface area contributed by atoms with Crippen LogP contribution in [0.15, 0.2) is 16.5 Å². The first kappa shape index (κ1) is 12.6. The lowest BCUT2D eigenvalue weighted by Gasteiger charge is -2.21. The maximum Gasteiger partial charge on any atom is 0.134 e. The molecule has 0 amide bonds. The van der Waals surface area contributed by atoms with E-state index in [0.717, 1.165) is 31.0 Å². The van der Waals surface area contributed by atoms with Crippen LogP contribution in [0, 0.1) is 6.92 Å². The molecule has 0 saturated carbocycles. The van der Waals surface area contributed by atoms with Gasteiger partial charge in [0.05, 0.1) is 12.7 Å². The Hall–Kier alpha value is -0.840. The number of hydrogen-bond acceptors (Lipinski definition) is 4. The van der Waals surface area contributed by atoms with E-state index in [1.807, 2.05) is 26.0 Å². The summed E-state index contributed by atoms with van der Waals surface area (Å²) in [6.07, 6.45) is 2.22. The van der Waals surface area contributed by atoms with Crippen LogP contribution >= 0.6 is 0 Å². The Balaban J connectivity index is 1.92. The molecule has 1 aliphatic rings. The third-order valence-corrected chi connectivity index (χ3v) is 3.00. The van der Waals surface area contributed by atoms with Crippen molar-refractivity contribution >= 4 is 0 Å². The van der Waals surface area contributed by atoms with Gasteiger partial charge in [-0.25, -0.2) is 0 Å². The molecule has 0 radical (unpaired) electrons. The van der Waals surface area contributed by atoms with Gasteiger partial charge in [-0.2, -0.15) is 0 Å². The first-order chi connectivity index (χ1) is 8.16. The summed E-state index contributed by atoms with van der Waals surface area (Å²) in [6.45, 7) is 5.28. The Morgan fingerprint density at radius 3 is 2.88 bits per heavy atom. The van der Waals surface area contributed by atoms with Crippen molar-refractivity contribution < 1.29 is 13.9 Å². The van der Waals surface area contributed by atoms with Crippen molar-refractivity contribution in [2.24, 2.45) is 5.73 Å². The number of aryl methyl sites for hydroxylation is 1. The van der Waals surface area contributed by atoms with Crippen LogP contribution in [0.5, 0.6) is 0 Å². The number of rotatable bonds is 5. The molecule has 3 unspecified atom stereocenters. The van der Waals surface area contributed by atoms with Crippen molar-refractivity contribution in [2.75, 3.05) is 13.2 Å². The molecule has 96 valence electrons. The van der Waals surface area contributed by atoms with Gasteiger partial charge in [0.2, 0.25) is 0 Å². The first-order valence-corrected chi connectivity index (χ1v) is 6.22. The average molecular weight is 239 g/mol. The molecule has 2 rings (SSSR count). The van der Waals surface area contributed by atoms with Gasteiger partial charge >= 0.3 is 0 Å². The molecule has 2 heterocycles. The average Bonchev–Trinajstić information content (AvgIpc) is 2.90. The maximum absolute atomic E-state index is 5.94. The summed E-state index contributed by atoms with van der Waals surface area (Å²) in [5.74, 6) is 1.68. The molecule has 1 saturated heterocycles. The summed E-state index contributed by atoms with van der Waals surface area (Å²) in [4.78, 5) is 0. The molecule has 1 aromatic rings. The second-order valence-electron chi connectivity index (χ2n) is 4.70. The van der Waals surface area contributed by atoms with Gasteiger partial charge in [-0.3, -0.25) is 0 Å². The molecule has 4 heteroatoms. The molecule has 0 aliphatic carbocycles. The predicted octanol–water partition coefficient (Wildman–Crippen LogP) is 2.17. The normalized spacial score (nSPS) is 23.8. The highest BCUT2D eigenvalue weighted by Gasteiger charge is 2.23. The van der Waals surface area contributed by atoms with E-state index in [-0.39, 0.29) is 18.2 Å². The molecule has 1 aromatic heterocycles. The molecule has 3 atom stereocenters. The van der Waals surface area contributed by atoms with Crippen LogP contribution in [-0.2, 0) is 9.47 Å². The monoisotopic (exact) mass is 239 g/mol. The van der Waals surface area contributed by atoms with E-state index in [0.29, 0.717) is 6.61 Å². The molecule has 17 heavy (non-hydrogen) atoms. The van der Waals surface area contributed by atoms with Crippen molar-refractivity contribution in [3.05, 3.63) is 23.7 Å². The van der Waals surface area contributed by atoms with E-state index in [2.05, 4.69) is 0 Å². The largest absolute Gasteiger partial charge is 0.464 e. The van der Waals surface area contributed by atoms with E-state index in [4.69, 9.17) is 19.6 Å². The topological polar surface area (TPSA) is 57.6 Å². The Kier molecular flexibility index (Phi) is 4.20. The van der Waals surface area contributed by atoms with Crippen LogP contribution < -0.4 is 5.73 Å². The Morgan fingerprint density at radius 2 is 2.35 bits per heavy atom. The van der Waals surface area contributed by atoms with Gasteiger partial charge in [0, 0.05) is 12.6 Å². The van der Waals surface area contributed by atoms with Crippen molar-refractivity contribution in [1.29, 1.82) is 0 Å². The number of furan rings is 1. The van der Waals surface area contributed by atoms with E-state index in [9.17, 15) is 0 Å². The molecular formula is C13H21NO3. The Morgan fingerprint density at radius 1 is 1.53 bits per heavy atom. The first-order valence-electron chi connectivity index (χ1n) is 6.22. The van der Waals surface area contributed by atoms with Gasteiger partial charge < -0.3 is 19.6 Å². The number of nitrogens with two attached hydrogens (primary N) is 1. The minimum Gasteiger partial charge on any atom is -0.464 e. The van der Waals surface area contributed by atoms with Crippen molar-refractivity contribution in [3.8, 4) is 0 Å². The van der Waals surface area contributed by atoms with Crippen LogP contribution in [0.3, 0.4) is 0 Å². The molecule has 0 bridgehead atoms. The Bertz CT molecular complexity index is 342. The molecule has 4 nitrogen and oxygen atoms in total.